The first kappa shape index (κ1) is 11.6. The van der Waals surface area contributed by atoms with Crippen LogP contribution in [0.2, 0.25) is 5.02 Å². The van der Waals surface area contributed by atoms with Crippen LogP contribution in [0, 0.1) is 5.82 Å². The number of anilines is 2. The fourth-order valence-electron chi connectivity index (χ4n) is 1.41. The summed E-state index contributed by atoms with van der Waals surface area (Å²) >= 11 is 5.84. The maximum absolute atomic E-state index is 13.1. The van der Waals surface area contributed by atoms with Crippen LogP contribution in [0.1, 0.15) is 0 Å². The van der Waals surface area contributed by atoms with Gasteiger partial charge < -0.3 is 9.88 Å². The Morgan fingerprint density at radius 2 is 2.24 bits per heavy atom. The van der Waals surface area contributed by atoms with E-state index in [-0.39, 0.29) is 16.7 Å². The predicted molar refractivity (Wildman–Crippen MR) is 64.3 cm³/mol. The average molecular weight is 254 g/mol. The van der Waals surface area contributed by atoms with Crippen LogP contribution in [0.5, 0.6) is 0 Å². The SMILES string of the molecule is CN(c1cccc(F)c1)c1nc[nH]c(=O)c1Cl. The number of nitrogens with one attached hydrogen (secondary N) is 1. The van der Waals surface area contributed by atoms with Crippen molar-refractivity contribution < 1.29 is 4.39 Å². The molecule has 0 radical (unpaired) electrons. The summed E-state index contributed by atoms with van der Waals surface area (Å²) in [6.45, 7) is 0. The van der Waals surface area contributed by atoms with E-state index in [1.165, 1.54) is 18.5 Å². The molecule has 0 saturated heterocycles. The predicted octanol–water partition coefficient (Wildman–Crippen LogP) is 2.33. The van der Waals surface area contributed by atoms with E-state index in [1.54, 1.807) is 24.1 Å². The molecule has 6 heteroatoms. The Kier molecular flexibility index (Phi) is 3.10. The second-order valence-electron chi connectivity index (χ2n) is 3.41. The third kappa shape index (κ3) is 2.29. The van der Waals surface area contributed by atoms with Gasteiger partial charge >= 0.3 is 0 Å². The highest BCUT2D eigenvalue weighted by atomic mass is 35.5. The summed E-state index contributed by atoms with van der Waals surface area (Å²) in [4.78, 5) is 19.2. The van der Waals surface area contributed by atoms with Gasteiger partial charge in [0.1, 0.15) is 10.8 Å². The zero-order valence-electron chi connectivity index (χ0n) is 8.95. The molecule has 0 fully saturated rings. The third-order valence-corrected chi connectivity index (χ3v) is 2.63. The van der Waals surface area contributed by atoms with Gasteiger partial charge in [0.15, 0.2) is 5.82 Å². The summed E-state index contributed by atoms with van der Waals surface area (Å²) in [6, 6.07) is 5.94. The van der Waals surface area contributed by atoms with Gasteiger partial charge in [0.2, 0.25) is 0 Å². The van der Waals surface area contributed by atoms with Crippen LogP contribution >= 0.6 is 11.6 Å². The number of H-pyrrole nitrogens is 1. The van der Waals surface area contributed by atoms with Crippen molar-refractivity contribution in [1.82, 2.24) is 9.97 Å². The highest BCUT2D eigenvalue weighted by molar-refractivity contribution is 6.32. The van der Waals surface area contributed by atoms with Crippen molar-refractivity contribution in [2.24, 2.45) is 0 Å². The molecule has 0 bridgehead atoms. The molecule has 17 heavy (non-hydrogen) atoms. The Balaban J connectivity index is 2.47. The van der Waals surface area contributed by atoms with Crippen LogP contribution in [0.25, 0.3) is 0 Å². The molecule has 2 aromatic rings. The van der Waals surface area contributed by atoms with Crippen LogP contribution in [-0.2, 0) is 0 Å². The molecule has 0 unspecified atom stereocenters. The minimum Gasteiger partial charge on any atom is -0.328 e. The van der Waals surface area contributed by atoms with Crippen molar-refractivity contribution >= 4 is 23.1 Å². The Morgan fingerprint density at radius 1 is 1.47 bits per heavy atom. The molecule has 0 aliphatic heterocycles. The lowest BCUT2D eigenvalue weighted by molar-refractivity contribution is 0.628. The van der Waals surface area contributed by atoms with E-state index in [9.17, 15) is 9.18 Å². The standard InChI is InChI=1S/C11H9ClFN3O/c1-16(8-4-2-3-7(13)5-8)10-9(12)11(17)15-6-14-10/h2-6H,1H3,(H,14,15,17). The molecular weight excluding hydrogens is 245 g/mol. The number of rotatable bonds is 2. The molecule has 0 atom stereocenters. The fraction of sp³-hybridized carbons (Fsp3) is 0.0909. The van der Waals surface area contributed by atoms with Crippen molar-refractivity contribution in [2.75, 3.05) is 11.9 Å². The number of halogens is 2. The molecule has 1 aromatic heterocycles. The van der Waals surface area contributed by atoms with E-state index in [0.29, 0.717) is 5.69 Å². The van der Waals surface area contributed by atoms with Crippen molar-refractivity contribution in [3.8, 4) is 0 Å². The molecule has 88 valence electrons. The lowest BCUT2D eigenvalue weighted by atomic mass is 10.3. The Labute approximate surface area is 102 Å². The van der Waals surface area contributed by atoms with Crippen molar-refractivity contribution in [2.45, 2.75) is 0 Å². The maximum atomic E-state index is 13.1. The Hall–Kier alpha value is -1.88. The van der Waals surface area contributed by atoms with Gasteiger partial charge in [-0.3, -0.25) is 4.79 Å². The molecular formula is C11H9ClFN3O. The van der Waals surface area contributed by atoms with Crippen molar-refractivity contribution in [1.29, 1.82) is 0 Å². The third-order valence-electron chi connectivity index (χ3n) is 2.29. The van der Waals surface area contributed by atoms with Crippen LogP contribution in [-0.4, -0.2) is 17.0 Å². The summed E-state index contributed by atoms with van der Waals surface area (Å²) in [5.41, 5.74) is 0.130. The average Bonchev–Trinajstić information content (AvgIpc) is 2.32. The van der Waals surface area contributed by atoms with Gasteiger partial charge in [0, 0.05) is 12.7 Å². The van der Waals surface area contributed by atoms with E-state index < -0.39 is 5.56 Å². The zero-order chi connectivity index (χ0) is 12.4. The topological polar surface area (TPSA) is 49.0 Å². The first-order valence-electron chi connectivity index (χ1n) is 4.82. The van der Waals surface area contributed by atoms with Gasteiger partial charge in [0.05, 0.1) is 6.33 Å². The molecule has 1 aromatic carbocycles. The number of hydrogen-bond acceptors (Lipinski definition) is 3. The van der Waals surface area contributed by atoms with Gasteiger partial charge in [-0.2, -0.15) is 0 Å². The maximum Gasteiger partial charge on any atom is 0.271 e. The summed E-state index contributed by atoms with van der Waals surface area (Å²) in [5.74, 6) is -0.0867. The Morgan fingerprint density at radius 3 is 2.94 bits per heavy atom. The molecule has 2 rings (SSSR count). The van der Waals surface area contributed by atoms with Crippen molar-refractivity contribution in [3.63, 3.8) is 0 Å². The monoisotopic (exact) mass is 253 g/mol. The summed E-state index contributed by atoms with van der Waals surface area (Å²) in [7, 11) is 1.66. The summed E-state index contributed by atoms with van der Waals surface area (Å²) < 4.78 is 13.1. The lowest BCUT2D eigenvalue weighted by Gasteiger charge is -2.18. The highest BCUT2D eigenvalue weighted by Gasteiger charge is 2.12. The van der Waals surface area contributed by atoms with Crippen LogP contribution in [0.3, 0.4) is 0 Å². The summed E-state index contributed by atoms with van der Waals surface area (Å²) in [6.07, 6.45) is 1.25. The van der Waals surface area contributed by atoms with E-state index in [1.807, 2.05) is 0 Å². The summed E-state index contributed by atoms with van der Waals surface area (Å²) in [5, 5.41) is -0.0285. The minimum absolute atomic E-state index is 0.0285. The zero-order valence-corrected chi connectivity index (χ0v) is 9.70. The molecule has 0 spiro atoms. The number of hydrogen-bond donors (Lipinski definition) is 1. The molecule has 0 saturated carbocycles. The lowest BCUT2D eigenvalue weighted by Crippen LogP contribution is -2.17. The molecule has 0 aliphatic carbocycles. The van der Waals surface area contributed by atoms with Gasteiger partial charge in [-0.25, -0.2) is 9.37 Å². The largest absolute Gasteiger partial charge is 0.328 e. The number of aromatic amines is 1. The highest BCUT2D eigenvalue weighted by Crippen LogP contribution is 2.25. The van der Waals surface area contributed by atoms with E-state index in [2.05, 4.69) is 9.97 Å². The van der Waals surface area contributed by atoms with E-state index >= 15 is 0 Å². The normalized spacial score (nSPS) is 10.3. The quantitative estimate of drug-likeness (QED) is 0.894. The molecule has 1 N–H and O–H groups in total. The smallest absolute Gasteiger partial charge is 0.271 e. The number of nitrogens with zero attached hydrogens (tertiary/aromatic N) is 2. The molecule has 1 heterocycles. The second-order valence-corrected chi connectivity index (χ2v) is 3.79. The van der Waals surface area contributed by atoms with Gasteiger partial charge in [-0.15, -0.1) is 0 Å². The molecule has 4 nitrogen and oxygen atoms in total. The van der Waals surface area contributed by atoms with Crippen LogP contribution in [0.15, 0.2) is 35.4 Å². The molecule has 0 aliphatic rings. The first-order valence-corrected chi connectivity index (χ1v) is 5.20. The van der Waals surface area contributed by atoms with Gasteiger partial charge in [-0.1, -0.05) is 17.7 Å². The van der Waals surface area contributed by atoms with E-state index in [0.717, 1.165) is 0 Å². The van der Waals surface area contributed by atoms with Crippen LogP contribution < -0.4 is 10.5 Å². The van der Waals surface area contributed by atoms with Gasteiger partial charge in [-0.05, 0) is 18.2 Å². The van der Waals surface area contributed by atoms with Crippen LogP contribution in [0.4, 0.5) is 15.9 Å². The first-order chi connectivity index (χ1) is 8.09. The fourth-order valence-corrected chi connectivity index (χ4v) is 1.64. The minimum atomic E-state index is -0.431. The van der Waals surface area contributed by atoms with Crippen molar-refractivity contribution in [3.05, 3.63) is 51.8 Å². The second kappa shape index (κ2) is 4.55. The number of benzene rings is 1. The molecule has 0 amide bonds. The van der Waals surface area contributed by atoms with E-state index in [4.69, 9.17) is 11.6 Å². The number of aromatic nitrogens is 2. The van der Waals surface area contributed by atoms with Gasteiger partial charge in [0.25, 0.3) is 5.56 Å². The Bertz CT molecular complexity index is 599.